The van der Waals surface area contributed by atoms with Crippen molar-refractivity contribution in [1.29, 1.82) is 0 Å². The molecular weight excluding hydrogens is 880 g/mol. The highest BCUT2D eigenvalue weighted by atomic mass is 31.2. The summed E-state index contributed by atoms with van der Waals surface area (Å²) in [4.78, 5) is 48.3. The van der Waals surface area contributed by atoms with Gasteiger partial charge in [-0.3, -0.25) is 23.4 Å². The van der Waals surface area contributed by atoms with Gasteiger partial charge in [-0.1, -0.05) is 204 Å². The fourth-order valence-corrected chi connectivity index (χ4v) is 8.25. The summed E-state index contributed by atoms with van der Waals surface area (Å²) in [6.45, 7) is 4.55. The molecule has 0 rings (SSSR count). The molecule has 0 saturated heterocycles. The third-order valence-electron chi connectivity index (χ3n) is 11.7. The van der Waals surface area contributed by atoms with Crippen LogP contribution in [-0.4, -0.2) is 66.5 Å². The zero-order chi connectivity index (χ0) is 49.9. The molecule has 0 aromatic rings. The van der Waals surface area contributed by atoms with Crippen LogP contribution in [0.2, 0.25) is 0 Å². The maximum absolute atomic E-state index is 12.9. The van der Waals surface area contributed by atoms with E-state index in [2.05, 4.69) is 69.4 Å². The van der Waals surface area contributed by atoms with E-state index in [1.165, 1.54) is 83.5 Å². The van der Waals surface area contributed by atoms with Gasteiger partial charge in [-0.05, 0) is 77.0 Å². The molecule has 0 radical (unpaired) electrons. The molecule has 0 amide bonds. The van der Waals surface area contributed by atoms with Crippen molar-refractivity contribution in [3.05, 3.63) is 48.6 Å². The number of carbonyl (C=O) groups is 3. The van der Waals surface area contributed by atoms with Crippen molar-refractivity contribution in [3.63, 3.8) is 0 Å². The average Bonchev–Trinajstić information content (AvgIpc) is 3.32. The molecule has 0 saturated carbocycles. The summed E-state index contributed by atoms with van der Waals surface area (Å²) in [5.74, 6) is -1.48. The van der Waals surface area contributed by atoms with E-state index >= 15 is 0 Å². The van der Waals surface area contributed by atoms with E-state index in [1.54, 1.807) is 0 Å². The molecule has 0 aliphatic rings. The lowest BCUT2D eigenvalue weighted by Crippen LogP contribution is -2.30. The molecule has 3 atom stereocenters. The number of phosphoric acid groups is 1. The lowest BCUT2D eigenvalue weighted by atomic mass is 10.1. The van der Waals surface area contributed by atoms with Gasteiger partial charge in [-0.15, -0.1) is 0 Å². The van der Waals surface area contributed by atoms with E-state index in [0.717, 1.165) is 109 Å². The predicted molar refractivity (Wildman–Crippen MR) is 279 cm³/mol. The fourth-order valence-electron chi connectivity index (χ4n) is 7.46. The number of rotatable bonds is 51. The Labute approximate surface area is 415 Å². The third kappa shape index (κ3) is 48.5. The van der Waals surface area contributed by atoms with Gasteiger partial charge in [-0.25, -0.2) is 4.57 Å². The van der Waals surface area contributed by atoms with Gasteiger partial charge in [0.15, 0.2) is 6.10 Å². The minimum absolute atomic E-state index is 0.153. The van der Waals surface area contributed by atoms with Gasteiger partial charge in [0.25, 0.3) is 0 Å². The normalized spacial score (nSPS) is 13.8. The predicted octanol–water partition coefficient (Wildman–Crippen LogP) is 15.8. The highest BCUT2D eigenvalue weighted by Crippen LogP contribution is 2.43. The second-order valence-corrected chi connectivity index (χ2v) is 19.8. The molecule has 396 valence electrons. The molecule has 0 bridgehead atoms. The van der Waals surface area contributed by atoms with Crippen molar-refractivity contribution >= 4 is 25.7 Å². The minimum atomic E-state index is -4.74. The highest BCUT2D eigenvalue weighted by Gasteiger charge is 2.28. The number of phosphoric ester groups is 1. The van der Waals surface area contributed by atoms with Gasteiger partial charge in [0, 0.05) is 19.3 Å². The SMILES string of the molecule is CCCC/C=C\CCCCCCCC(=O)OCC(COP(=O)(O)OCC(CO)OC(=O)CCCCCCCCCCCCC)OC(=O)CCCCCCCC/C=C\C/C=C\C/C=C\CCCCC. The Morgan fingerprint density at radius 1 is 0.412 bits per heavy atom. The van der Waals surface area contributed by atoms with Crippen molar-refractivity contribution in [2.45, 2.75) is 264 Å². The maximum Gasteiger partial charge on any atom is 0.472 e. The van der Waals surface area contributed by atoms with E-state index in [1.807, 2.05) is 0 Å². The molecule has 12 heteroatoms. The molecule has 11 nitrogen and oxygen atoms in total. The van der Waals surface area contributed by atoms with Gasteiger partial charge >= 0.3 is 25.7 Å². The molecule has 2 N–H and O–H groups in total. The van der Waals surface area contributed by atoms with Crippen molar-refractivity contribution < 1.29 is 52.2 Å². The summed E-state index contributed by atoms with van der Waals surface area (Å²) in [6, 6.07) is 0. The van der Waals surface area contributed by atoms with Crippen LogP contribution >= 0.6 is 7.82 Å². The van der Waals surface area contributed by atoms with Gasteiger partial charge in [0.05, 0.1) is 19.8 Å². The number of allylic oxidation sites excluding steroid dienone is 8. The first-order chi connectivity index (χ1) is 33.2. The number of hydrogen-bond donors (Lipinski definition) is 2. The Hall–Kier alpha value is -2.56. The van der Waals surface area contributed by atoms with Crippen LogP contribution in [0.15, 0.2) is 48.6 Å². The second kappa shape index (κ2) is 50.8. The number of ether oxygens (including phenoxy) is 3. The summed E-state index contributed by atoms with van der Waals surface area (Å²) in [5.41, 5.74) is 0. The van der Waals surface area contributed by atoms with Crippen LogP contribution in [0.1, 0.15) is 252 Å². The van der Waals surface area contributed by atoms with Crippen molar-refractivity contribution in [2.24, 2.45) is 0 Å². The third-order valence-corrected chi connectivity index (χ3v) is 12.7. The van der Waals surface area contributed by atoms with E-state index < -0.39 is 57.8 Å². The molecule has 0 heterocycles. The Morgan fingerprint density at radius 3 is 1.19 bits per heavy atom. The summed E-state index contributed by atoms with van der Waals surface area (Å²) in [7, 11) is -4.74. The molecule has 0 spiro atoms. The number of esters is 3. The molecule has 0 aliphatic carbocycles. The Morgan fingerprint density at radius 2 is 0.735 bits per heavy atom. The molecule has 68 heavy (non-hydrogen) atoms. The van der Waals surface area contributed by atoms with Crippen LogP contribution in [0, 0.1) is 0 Å². The first-order valence-corrected chi connectivity index (χ1v) is 29.0. The van der Waals surface area contributed by atoms with E-state index in [9.17, 15) is 28.9 Å². The topological polar surface area (TPSA) is 155 Å². The van der Waals surface area contributed by atoms with Crippen molar-refractivity contribution in [1.82, 2.24) is 0 Å². The van der Waals surface area contributed by atoms with E-state index in [0.29, 0.717) is 19.3 Å². The quantitative estimate of drug-likeness (QED) is 0.0197. The Bertz CT molecular complexity index is 1330. The number of aliphatic hydroxyl groups excluding tert-OH is 1. The number of hydrogen-bond acceptors (Lipinski definition) is 10. The largest absolute Gasteiger partial charge is 0.472 e. The number of unbranched alkanes of at least 4 members (excludes halogenated alkanes) is 26. The maximum atomic E-state index is 12.9. The Kier molecular flexibility index (Phi) is 48.9. The van der Waals surface area contributed by atoms with Crippen LogP contribution < -0.4 is 0 Å². The lowest BCUT2D eigenvalue weighted by molar-refractivity contribution is -0.161. The smallest absolute Gasteiger partial charge is 0.462 e. The molecular formula is C56H101O11P. The molecule has 3 unspecified atom stereocenters. The summed E-state index contributed by atoms with van der Waals surface area (Å²) in [6.07, 6.45) is 52.2. The zero-order valence-electron chi connectivity index (χ0n) is 43.6. The molecule has 0 aromatic heterocycles. The monoisotopic (exact) mass is 981 g/mol. The number of carbonyl (C=O) groups excluding carboxylic acids is 3. The Balaban J connectivity index is 4.73. The number of aliphatic hydroxyl groups is 1. The van der Waals surface area contributed by atoms with Crippen LogP contribution in [-0.2, 0) is 42.2 Å². The van der Waals surface area contributed by atoms with Gasteiger partial charge in [0.2, 0.25) is 0 Å². The first kappa shape index (κ1) is 65.4. The summed E-state index contributed by atoms with van der Waals surface area (Å²) >= 11 is 0. The molecule has 0 fully saturated rings. The van der Waals surface area contributed by atoms with Gasteiger partial charge in [0.1, 0.15) is 12.7 Å². The second-order valence-electron chi connectivity index (χ2n) is 18.4. The standard InChI is InChI=1S/C56H101O11P/c1-4-7-10-13-16-19-22-23-24-25-26-27-28-29-32-35-38-41-44-47-56(60)67-53(49-63-54(58)45-42-39-36-33-30-20-17-14-11-8-5-2)51-65-68(61,62)64-50-52(48-57)66-55(59)46-43-40-37-34-31-21-18-15-12-9-6-3/h14,16-17,19,23-24,26-27,52-53,57H,4-13,15,18,20-22,25,28-51H2,1-3H3,(H,61,62)/b17-14-,19-16-,24-23-,27-26-. The summed E-state index contributed by atoms with van der Waals surface area (Å²) in [5, 5.41) is 9.77. The fraction of sp³-hybridized carbons (Fsp3) is 0.804. The van der Waals surface area contributed by atoms with Crippen LogP contribution in [0.25, 0.3) is 0 Å². The first-order valence-electron chi connectivity index (χ1n) is 27.5. The van der Waals surface area contributed by atoms with Crippen LogP contribution in [0.4, 0.5) is 0 Å². The van der Waals surface area contributed by atoms with Crippen LogP contribution in [0.5, 0.6) is 0 Å². The zero-order valence-corrected chi connectivity index (χ0v) is 44.5. The summed E-state index contributed by atoms with van der Waals surface area (Å²) < 4.78 is 39.4. The molecule has 0 aliphatic heterocycles. The van der Waals surface area contributed by atoms with Gasteiger partial charge < -0.3 is 24.2 Å². The van der Waals surface area contributed by atoms with Crippen molar-refractivity contribution in [2.75, 3.05) is 26.4 Å². The lowest BCUT2D eigenvalue weighted by Gasteiger charge is -2.21. The minimum Gasteiger partial charge on any atom is -0.462 e. The van der Waals surface area contributed by atoms with E-state index in [-0.39, 0.29) is 25.9 Å². The average molecular weight is 981 g/mol. The highest BCUT2D eigenvalue weighted by molar-refractivity contribution is 7.47. The van der Waals surface area contributed by atoms with Crippen molar-refractivity contribution in [3.8, 4) is 0 Å². The van der Waals surface area contributed by atoms with Crippen LogP contribution in [0.3, 0.4) is 0 Å². The van der Waals surface area contributed by atoms with Gasteiger partial charge in [-0.2, -0.15) is 0 Å². The van der Waals surface area contributed by atoms with E-state index in [4.69, 9.17) is 23.3 Å². The molecule has 0 aromatic carbocycles.